The number of methoxy groups -OCH3 is 1. The van der Waals surface area contributed by atoms with Gasteiger partial charge in [0.15, 0.2) is 0 Å². The molecule has 5 nitrogen and oxygen atoms in total. The number of ether oxygens (including phenoxy) is 1. The van der Waals surface area contributed by atoms with E-state index in [4.69, 9.17) is 4.74 Å². The smallest absolute Gasteiger partial charge is 0.208 e. The van der Waals surface area contributed by atoms with Gasteiger partial charge in [0, 0.05) is 24.5 Å². The van der Waals surface area contributed by atoms with E-state index < -0.39 is 10.0 Å². The van der Waals surface area contributed by atoms with Crippen LogP contribution in [0.25, 0.3) is 11.1 Å². The molecule has 0 bridgehead atoms. The summed E-state index contributed by atoms with van der Waals surface area (Å²) in [5, 5.41) is 3.72. The van der Waals surface area contributed by atoms with E-state index in [9.17, 15) is 8.42 Å². The van der Waals surface area contributed by atoms with E-state index in [0.29, 0.717) is 12.6 Å². The molecule has 0 aliphatic heterocycles. The van der Waals surface area contributed by atoms with Crippen LogP contribution in [0.15, 0.2) is 78.9 Å². The summed E-state index contributed by atoms with van der Waals surface area (Å²) < 4.78 is 31.9. The molecule has 0 aromatic heterocycles. The van der Waals surface area contributed by atoms with E-state index in [2.05, 4.69) is 64.6 Å². The number of rotatable bonds is 9. The van der Waals surface area contributed by atoms with Crippen molar-refractivity contribution in [2.75, 3.05) is 19.9 Å². The minimum absolute atomic E-state index is 0.229. The fraction of sp³-hybridized carbons (Fsp3) is 0.357. The second-order valence-electron chi connectivity index (χ2n) is 9.32. The highest BCUT2D eigenvalue weighted by Gasteiger charge is 2.37. The van der Waals surface area contributed by atoms with Gasteiger partial charge in [-0.2, -0.15) is 0 Å². The van der Waals surface area contributed by atoms with Crippen LogP contribution in [0.3, 0.4) is 0 Å². The SMILES string of the molecule is COc1cccc([C@]2(CNS(C)(=O)=O)CC[C@@H](NCc3ccc(-c4ccccc4)cc3)CC2)c1. The molecule has 0 heterocycles. The van der Waals surface area contributed by atoms with Crippen molar-refractivity contribution in [2.24, 2.45) is 0 Å². The number of hydrogen-bond acceptors (Lipinski definition) is 4. The van der Waals surface area contributed by atoms with Crippen LogP contribution >= 0.6 is 0 Å². The Morgan fingerprint density at radius 3 is 2.24 bits per heavy atom. The molecule has 0 spiro atoms. The van der Waals surface area contributed by atoms with E-state index in [1.54, 1.807) is 7.11 Å². The zero-order chi connectivity index (χ0) is 24.0. The lowest BCUT2D eigenvalue weighted by Crippen LogP contribution is -2.46. The molecule has 3 aromatic rings. The van der Waals surface area contributed by atoms with Gasteiger partial charge in [0.25, 0.3) is 0 Å². The Morgan fingerprint density at radius 1 is 0.912 bits per heavy atom. The summed E-state index contributed by atoms with van der Waals surface area (Å²) in [5.74, 6) is 0.801. The Morgan fingerprint density at radius 2 is 1.59 bits per heavy atom. The molecule has 34 heavy (non-hydrogen) atoms. The fourth-order valence-corrected chi connectivity index (χ4v) is 5.41. The lowest BCUT2D eigenvalue weighted by molar-refractivity contribution is 0.245. The van der Waals surface area contributed by atoms with Crippen molar-refractivity contribution < 1.29 is 13.2 Å². The third-order valence-electron chi connectivity index (χ3n) is 6.95. The zero-order valence-electron chi connectivity index (χ0n) is 20.0. The first-order valence-corrected chi connectivity index (χ1v) is 13.7. The molecular formula is C28H34N2O3S. The molecule has 2 N–H and O–H groups in total. The van der Waals surface area contributed by atoms with Gasteiger partial charge in [-0.05, 0) is 60.1 Å². The molecule has 1 aliphatic carbocycles. The summed E-state index contributed by atoms with van der Waals surface area (Å²) in [6, 6.07) is 27.6. The van der Waals surface area contributed by atoms with Gasteiger partial charge in [-0.1, -0.05) is 66.7 Å². The molecular weight excluding hydrogens is 444 g/mol. The van der Waals surface area contributed by atoms with E-state index in [1.807, 2.05) is 24.3 Å². The summed E-state index contributed by atoms with van der Waals surface area (Å²) in [5.41, 5.74) is 4.63. The number of benzene rings is 3. The zero-order valence-corrected chi connectivity index (χ0v) is 20.8. The van der Waals surface area contributed by atoms with Crippen LogP contribution in [0.2, 0.25) is 0 Å². The van der Waals surface area contributed by atoms with Crippen molar-refractivity contribution in [3.63, 3.8) is 0 Å². The van der Waals surface area contributed by atoms with Crippen molar-refractivity contribution in [1.29, 1.82) is 0 Å². The molecule has 0 unspecified atom stereocenters. The van der Waals surface area contributed by atoms with Crippen molar-refractivity contribution in [1.82, 2.24) is 10.0 Å². The van der Waals surface area contributed by atoms with Crippen LogP contribution < -0.4 is 14.8 Å². The first kappa shape index (κ1) is 24.5. The Kier molecular flexibility index (Phi) is 7.71. The third kappa shape index (κ3) is 6.26. The summed E-state index contributed by atoms with van der Waals surface area (Å²) >= 11 is 0. The summed E-state index contributed by atoms with van der Waals surface area (Å²) in [4.78, 5) is 0. The lowest BCUT2D eigenvalue weighted by Gasteiger charge is -2.41. The minimum Gasteiger partial charge on any atom is -0.497 e. The number of nitrogens with one attached hydrogen (secondary N) is 2. The number of sulfonamides is 1. The molecule has 0 saturated heterocycles. The van der Waals surface area contributed by atoms with Crippen LogP contribution in [0, 0.1) is 0 Å². The summed E-state index contributed by atoms with van der Waals surface area (Å²) in [6.45, 7) is 1.24. The van der Waals surface area contributed by atoms with Crippen molar-refractivity contribution in [2.45, 2.75) is 43.7 Å². The highest BCUT2D eigenvalue weighted by molar-refractivity contribution is 7.88. The van der Waals surface area contributed by atoms with E-state index in [-0.39, 0.29) is 5.41 Å². The molecule has 1 aliphatic rings. The third-order valence-corrected chi connectivity index (χ3v) is 7.62. The maximum atomic E-state index is 11.9. The molecule has 1 saturated carbocycles. The van der Waals surface area contributed by atoms with E-state index >= 15 is 0 Å². The quantitative estimate of drug-likeness (QED) is 0.460. The Labute approximate surface area is 203 Å². The standard InChI is InChI=1S/C28H34N2O3S/c1-33-27-10-6-9-25(19-27)28(21-30-34(2,31)32)17-15-26(16-18-28)29-20-22-11-13-24(14-12-22)23-7-4-3-5-8-23/h3-14,19,26,29-30H,15-18,20-21H2,1-2H3/t26-,28-. The second-order valence-corrected chi connectivity index (χ2v) is 11.2. The van der Waals surface area contributed by atoms with Gasteiger partial charge < -0.3 is 10.1 Å². The van der Waals surface area contributed by atoms with Crippen LogP contribution in [0.4, 0.5) is 0 Å². The first-order valence-electron chi connectivity index (χ1n) is 11.8. The van der Waals surface area contributed by atoms with E-state index in [0.717, 1.165) is 43.5 Å². The highest BCUT2D eigenvalue weighted by atomic mass is 32.2. The monoisotopic (exact) mass is 478 g/mol. The Bertz CT molecular complexity index is 1170. The van der Waals surface area contributed by atoms with Crippen molar-refractivity contribution in [3.8, 4) is 16.9 Å². The molecule has 0 atom stereocenters. The average Bonchev–Trinajstić information content (AvgIpc) is 2.87. The molecule has 1 fully saturated rings. The van der Waals surface area contributed by atoms with Crippen LogP contribution in [-0.4, -0.2) is 34.4 Å². The van der Waals surface area contributed by atoms with Gasteiger partial charge >= 0.3 is 0 Å². The molecule has 4 rings (SSSR count). The fourth-order valence-electron chi connectivity index (χ4n) is 4.87. The van der Waals surface area contributed by atoms with Gasteiger partial charge in [-0.25, -0.2) is 13.1 Å². The van der Waals surface area contributed by atoms with Crippen molar-refractivity contribution >= 4 is 10.0 Å². The van der Waals surface area contributed by atoms with E-state index in [1.165, 1.54) is 22.9 Å². The predicted molar refractivity (Wildman–Crippen MR) is 138 cm³/mol. The molecule has 0 amide bonds. The molecule has 180 valence electrons. The van der Waals surface area contributed by atoms with Gasteiger partial charge in [-0.3, -0.25) is 0 Å². The topological polar surface area (TPSA) is 67.4 Å². The van der Waals surface area contributed by atoms with Gasteiger partial charge in [0.2, 0.25) is 10.0 Å². The van der Waals surface area contributed by atoms with Crippen molar-refractivity contribution in [3.05, 3.63) is 90.0 Å². The summed E-state index contributed by atoms with van der Waals surface area (Å²) in [7, 11) is -1.61. The Balaban J connectivity index is 1.39. The number of hydrogen-bond donors (Lipinski definition) is 2. The lowest BCUT2D eigenvalue weighted by atomic mass is 9.68. The summed E-state index contributed by atoms with van der Waals surface area (Å²) in [6.07, 6.45) is 5.03. The maximum Gasteiger partial charge on any atom is 0.208 e. The van der Waals surface area contributed by atoms with Crippen LogP contribution in [0.5, 0.6) is 5.75 Å². The van der Waals surface area contributed by atoms with Gasteiger partial charge in [0.1, 0.15) is 5.75 Å². The normalized spacial score (nSPS) is 20.7. The molecule has 0 radical (unpaired) electrons. The average molecular weight is 479 g/mol. The first-order chi connectivity index (χ1) is 16.4. The Hall–Kier alpha value is -2.67. The predicted octanol–water partition coefficient (Wildman–Crippen LogP) is 4.88. The van der Waals surface area contributed by atoms with Gasteiger partial charge in [0.05, 0.1) is 13.4 Å². The molecule has 3 aromatic carbocycles. The highest BCUT2D eigenvalue weighted by Crippen LogP contribution is 2.40. The molecule has 6 heteroatoms. The van der Waals surface area contributed by atoms with Crippen LogP contribution in [-0.2, 0) is 22.0 Å². The maximum absolute atomic E-state index is 11.9. The largest absolute Gasteiger partial charge is 0.497 e. The minimum atomic E-state index is -3.27. The van der Waals surface area contributed by atoms with Gasteiger partial charge in [-0.15, -0.1) is 0 Å². The van der Waals surface area contributed by atoms with Crippen LogP contribution in [0.1, 0.15) is 36.8 Å². The second kappa shape index (κ2) is 10.7.